The van der Waals surface area contributed by atoms with Crippen molar-refractivity contribution in [2.24, 2.45) is 0 Å². The molecule has 0 fully saturated rings. The highest BCUT2D eigenvalue weighted by Gasteiger charge is 2.22. The van der Waals surface area contributed by atoms with Crippen LogP contribution in [-0.4, -0.2) is 12.6 Å². The van der Waals surface area contributed by atoms with Crippen LogP contribution >= 0.6 is 15.9 Å². The van der Waals surface area contributed by atoms with E-state index in [4.69, 9.17) is 4.74 Å². The van der Waals surface area contributed by atoms with Gasteiger partial charge in [-0.05, 0) is 31.5 Å². The monoisotopic (exact) mass is 297 g/mol. The average molecular weight is 298 g/mol. The van der Waals surface area contributed by atoms with Crippen molar-refractivity contribution in [3.63, 3.8) is 0 Å². The van der Waals surface area contributed by atoms with Crippen LogP contribution in [0.3, 0.4) is 0 Å². The molecule has 0 saturated heterocycles. The second-order valence-corrected chi connectivity index (χ2v) is 5.64. The van der Waals surface area contributed by atoms with Gasteiger partial charge in [0.1, 0.15) is 5.75 Å². The second kappa shape index (κ2) is 5.87. The van der Waals surface area contributed by atoms with E-state index in [1.807, 2.05) is 6.07 Å². The quantitative estimate of drug-likeness (QED) is 0.905. The molecule has 0 radical (unpaired) electrons. The predicted molar refractivity (Wildman–Crippen MR) is 74.5 cm³/mol. The zero-order valence-corrected chi connectivity index (χ0v) is 12.1. The summed E-state index contributed by atoms with van der Waals surface area (Å²) in [6.45, 7) is 5.30. The molecule has 3 heteroatoms. The summed E-state index contributed by atoms with van der Waals surface area (Å²) in [5, 5.41) is 3.70. The van der Waals surface area contributed by atoms with Crippen molar-refractivity contribution in [3.05, 3.63) is 28.2 Å². The Labute approximate surface area is 112 Å². The fourth-order valence-electron chi connectivity index (χ4n) is 2.40. The summed E-state index contributed by atoms with van der Waals surface area (Å²) < 4.78 is 6.81. The van der Waals surface area contributed by atoms with Crippen molar-refractivity contribution in [1.82, 2.24) is 5.32 Å². The van der Waals surface area contributed by atoms with Crippen LogP contribution in [-0.2, 0) is 0 Å². The predicted octanol–water partition coefficient (Wildman–Crippen LogP) is 4.05. The van der Waals surface area contributed by atoms with E-state index in [2.05, 4.69) is 47.2 Å². The molecule has 0 amide bonds. The summed E-state index contributed by atoms with van der Waals surface area (Å²) in [6.07, 6.45) is 3.50. The minimum Gasteiger partial charge on any atom is -0.493 e. The highest BCUT2D eigenvalue weighted by molar-refractivity contribution is 9.10. The Bertz CT molecular complexity index is 380. The minimum atomic E-state index is 0.429. The van der Waals surface area contributed by atoms with Gasteiger partial charge >= 0.3 is 0 Å². The van der Waals surface area contributed by atoms with Crippen molar-refractivity contribution >= 4 is 15.9 Å². The molecule has 94 valence electrons. The lowest BCUT2D eigenvalue weighted by atomic mass is 9.99. The van der Waals surface area contributed by atoms with E-state index < -0.39 is 0 Å². The molecule has 0 spiro atoms. The summed E-state index contributed by atoms with van der Waals surface area (Å²) in [6, 6.07) is 7.26. The molecule has 0 saturated carbocycles. The van der Waals surface area contributed by atoms with Gasteiger partial charge in [0.05, 0.1) is 6.61 Å². The molecular weight excluding hydrogens is 278 g/mol. The maximum absolute atomic E-state index is 5.69. The van der Waals surface area contributed by atoms with Gasteiger partial charge in [0.15, 0.2) is 0 Å². The first kappa shape index (κ1) is 12.9. The smallest absolute Gasteiger partial charge is 0.124 e. The zero-order valence-electron chi connectivity index (χ0n) is 10.5. The lowest BCUT2D eigenvalue weighted by Gasteiger charge is -2.29. The molecule has 0 bridgehead atoms. The fourth-order valence-corrected chi connectivity index (χ4v) is 2.78. The molecule has 1 aliphatic heterocycles. The van der Waals surface area contributed by atoms with E-state index in [1.54, 1.807) is 0 Å². The fraction of sp³-hybridized carbons (Fsp3) is 0.571. The first-order chi connectivity index (χ1) is 8.20. The van der Waals surface area contributed by atoms with Crippen LogP contribution in [0.25, 0.3) is 0 Å². The number of rotatable bonds is 4. The SMILES string of the molecule is CCCC(C)NC1CCOc2ccc(Br)cc21. The third-order valence-electron chi connectivity index (χ3n) is 3.22. The Hall–Kier alpha value is -0.540. The molecule has 1 aromatic carbocycles. The average Bonchev–Trinajstić information content (AvgIpc) is 2.30. The number of ether oxygens (including phenoxy) is 1. The third kappa shape index (κ3) is 3.23. The van der Waals surface area contributed by atoms with E-state index in [9.17, 15) is 0 Å². The van der Waals surface area contributed by atoms with Crippen molar-refractivity contribution in [2.75, 3.05) is 6.61 Å². The normalized spacial score (nSPS) is 20.5. The van der Waals surface area contributed by atoms with Crippen LogP contribution in [0.4, 0.5) is 0 Å². The number of hydrogen-bond acceptors (Lipinski definition) is 2. The van der Waals surface area contributed by atoms with Gasteiger partial charge in [0.2, 0.25) is 0 Å². The molecule has 1 aromatic rings. The number of halogens is 1. The Morgan fingerprint density at radius 2 is 2.35 bits per heavy atom. The summed E-state index contributed by atoms with van der Waals surface area (Å²) in [7, 11) is 0. The van der Waals surface area contributed by atoms with Gasteiger partial charge in [-0.1, -0.05) is 29.3 Å². The molecule has 0 aromatic heterocycles. The Kier molecular flexibility index (Phi) is 4.46. The first-order valence-electron chi connectivity index (χ1n) is 6.39. The van der Waals surface area contributed by atoms with Gasteiger partial charge in [-0.25, -0.2) is 0 Å². The second-order valence-electron chi connectivity index (χ2n) is 4.73. The van der Waals surface area contributed by atoms with E-state index in [-0.39, 0.29) is 0 Å². The zero-order chi connectivity index (χ0) is 12.3. The maximum atomic E-state index is 5.69. The summed E-state index contributed by atoms with van der Waals surface area (Å²) in [5.41, 5.74) is 1.29. The molecular formula is C14H20BrNO. The van der Waals surface area contributed by atoms with Crippen LogP contribution in [0.2, 0.25) is 0 Å². The highest BCUT2D eigenvalue weighted by atomic mass is 79.9. The topological polar surface area (TPSA) is 21.3 Å². The Morgan fingerprint density at radius 3 is 3.12 bits per heavy atom. The van der Waals surface area contributed by atoms with Crippen LogP contribution in [0.1, 0.15) is 44.7 Å². The van der Waals surface area contributed by atoms with Gasteiger partial charge in [-0.2, -0.15) is 0 Å². The third-order valence-corrected chi connectivity index (χ3v) is 3.71. The van der Waals surface area contributed by atoms with Gasteiger partial charge < -0.3 is 10.1 Å². The molecule has 1 N–H and O–H groups in total. The molecule has 0 aliphatic carbocycles. The minimum absolute atomic E-state index is 0.429. The Balaban J connectivity index is 2.13. The molecule has 2 rings (SSSR count). The van der Waals surface area contributed by atoms with Crippen molar-refractivity contribution < 1.29 is 4.74 Å². The lowest BCUT2D eigenvalue weighted by Crippen LogP contribution is -2.33. The summed E-state index contributed by atoms with van der Waals surface area (Å²) in [4.78, 5) is 0. The standard InChI is InChI=1S/C14H20BrNO/c1-3-4-10(2)16-13-7-8-17-14-6-5-11(15)9-12(13)14/h5-6,9-10,13,16H,3-4,7-8H2,1-2H3. The van der Waals surface area contributed by atoms with Crippen LogP contribution in [0.5, 0.6) is 5.75 Å². The van der Waals surface area contributed by atoms with E-state index in [0.29, 0.717) is 12.1 Å². The number of nitrogens with one attached hydrogen (secondary N) is 1. The van der Waals surface area contributed by atoms with E-state index in [1.165, 1.54) is 18.4 Å². The highest BCUT2D eigenvalue weighted by Crippen LogP contribution is 2.34. The Morgan fingerprint density at radius 1 is 1.53 bits per heavy atom. The van der Waals surface area contributed by atoms with Gasteiger partial charge in [0, 0.05) is 28.5 Å². The largest absolute Gasteiger partial charge is 0.493 e. The van der Waals surface area contributed by atoms with Crippen molar-refractivity contribution in [1.29, 1.82) is 0 Å². The molecule has 17 heavy (non-hydrogen) atoms. The molecule has 1 aliphatic rings. The van der Waals surface area contributed by atoms with Crippen molar-refractivity contribution in [2.45, 2.75) is 45.2 Å². The van der Waals surface area contributed by atoms with Gasteiger partial charge in [-0.3, -0.25) is 0 Å². The van der Waals surface area contributed by atoms with Crippen molar-refractivity contribution in [3.8, 4) is 5.75 Å². The lowest BCUT2D eigenvalue weighted by molar-refractivity contribution is 0.244. The number of benzene rings is 1. The number of fused-ring (bicyclic) bond motifs is 1. The number of hydrogen-bond donors (Lipinski definition) is 1. The molecule has 2 unspecified atom stereocenters. The molecule has 2 nitrogen and oxygen atoms in total. The van der Waals surface area contributed by atoms with Gasteiger partial charge in [0.25, 0.3) is 0 Å². The van der Waals surface area contributed by atoms with Crippen LogP contribution in [0, 0.1) is 0 Å². The van der Waals surface area contributed by atoms with Crippen LogP contribution in [0.15, 0.2) is 22.7 Å². The van der Waals surface area contributed by atoms with Gasteiger partial charge in [-0.15, -0.1) is 0 Å². The summed E-state index contributed by atoms with van der Waals surface area (Å²) >= 11 is 3.53. The first-order valence-corrected chi connectivity index (χ1v) is 7.18. The van der Waals surface area contributed by atoms with E-state index in [0.717, 1.165) is 23.2 Å². The summed E-state index contributed by atoms with van der Waals surface area (Å²) in [5.74, 6) is 1.03. The van der Waals surface area contributed by atoms with E-state index >= 15 is 0 Å². The maximum Gasteiger partial charge on any atom is 0.124 e. The molecule has 2 atom stereocenters. The molecule has 1 heterocycles. The van der Waals surface area contributed by atoms with Crippen LogP contribution < -0.4 is 10.1 Å².